The highest BCUT2D eigenvalue weighted by atomic mass is 32.2. The summed E-state index contributed by atoms with van der Waals surface area (Å²) in [7, 11) is 0. The third-order valence-electron chi connectivity index (χ3n) is 9.72. The number of nitrogens with zero attached hydrogens (tertiary/aromatic N) is 3. The van der Waals surface area contributed by atoms with Crippen molar-refractivity contribution in [2.45, 2.75) is 67.5 Å². The Balaban J connectivity index is 1.61. The first kappa shape index (κ1) is 32.0. The minimum Gasteiger partial charge on any atom is -0.394 e. The second-order valence-electron chi connectivity index (χ2n) is 12.5. The number of aliphatic hydroxyl groups excluding tert-OH is 1. The van der Waals surface area contributed by atoms with E-state index in [0.29, 0.717) is 32.5 Å². The van der Waals surface area contributed by atoms with E-state index in [1.54, 1.807) is 33.7 Å². The van der Waals surface area contributed by atoms with E-state index in [-0.39, 0.29) is 24.3 Å². The van der Waals surface area contributed by atoms with Crippen LogP contribution in [-0.4, -0.2) is 80.4 Å². The van der Waals surface area contributed by atoms with Crippen molar-refractivity contribution >= 4 is 35.2 Å². The molecule has 234 valence electrons. The zero-order valence-electron chi connectivity index (χ0n) is 25.9. The summed E-state index contributed by atoms with van der Waals surface area (Å²) in [6.45, 7) is 13.0. The van der Waals surface area contributed by atoms with Crippen molar-refractivity contribution in [3.8, 4) is 0 Å². The molecule has 3 amide bonds. The van der Waals surface area contributed by atoms with Crippen LogP contribution in [0.25, 0.3) is 0 Å². The summed E-state index contributed by atoms with van der Waals surface area (Å²) in [5, 5.41) is 10.8. The Bertz CT molecular complexity index is 1370. The van der Waals surface area contributed by atoms with Crippen LogP contribution in [0.1, 0.15) is 45.1 Å². The lowest BCUT2D eigenvalue weighted by Gasteiger charge is -2.39. The van der Waals surface area contributed by atoms with Crippen LogP contribution in [0.4, 0.5) is 5.69 Å². The SMILES string of the molecule is C=CCN(CCCC)C(=O)C1N([C@@H](CO)Cc2ccccc2)C(=O)[C@@H]2[C@H](C(=O)N(CC=C)c3ccccc3)[C@]3(C)CCC12S3. The highest BCUT2D eigenvalue weighted by molar-refractivity contribution is 8.02. The topological polar surface area (TPSA) is 81.2 Å². The third-order valence-corrected chi connectivity index (χ3v) is 11.7. The zero-order chi connectivity index (χ0) is 31.5. The number of likely N-dealkylation sites (tertiary alicyclic amines) is 1. The first-order valence-corrected chi connectivity index (χ1v) is 16.6. The van der Waals surface area contributed by atoms with Gasteiger partial charge >= 0.3 is 0 Å². The molecule has 3 aliphatic heterocycles. The number of para-hydroxylation sites is 1. The summed E-state index contributed by atoms with van der Waals surface area (Å²) in [5.41, 5.74) is 1.73. The van der Waals surface area contributed by atoms with Crippen LogP contribution in [0, 0.1) is 11.8 Å². The van der Waals surface area contributed by atoms with Crippen molar-refractivity contribution in [2.75, 3.05) is 31.1 Å². The highest BCUT2D eigenvalue weighted by Crippen LogP contribution is 2.72. The number of hydrogen-bond donors (Lipinski definition) is 1. The summed E-state index contributed by atoms with van der Waals surface area (Å²) < 4.78 is -1.27. The van der Waals surface area contributed by atoms with Gasteiger partial charge in [-0.05, 0) is 50.3 Å². The van der Waals surface area contributed by atoms with E-state index in [1.165, 1.54) is 0 Å². The van der Waals surface area contributed by atoms with Gasteiger partial charge in [-0.2, -0.15) is 0 Å². The maximum absolute atomic E-state index is 14.9. The second kappa shape index (κ2) is 13.3. The molecule has 1 spiro atoms. The fourth-order valence-corrected chi connectivity index (χ4v) is 10.1. The normalized spacial score (nSPS) is 27.6. The molecule has 8 heteroatoms. The first-order valence-electron chi connectivity index (χ1n) is 15.8. The molecule has 0 radical (unpaired) electrons. The Morgan fingerprint density at radius 1 is 1.05 bits per heavy atom. The quantitative estimate of drug-likeness (QED) is 0.299. The highest BCUT2D eigenvalue weighted by Gasteiger charge is 2.78. The van der Waals surface area contributed by atoms with Gasteiger partial charge < -0.3 is 19.8 Å². The Kier molecular flexibility index (Phi) is 9.71. The molecule has 2 aromatic carbocycles. The van der Waals surface area contributed by atoms with Crippen molar-refractivity contribution < 1.29 is 19.5 Å². The van der Waals surface area contributed by atoms with Crippen molar-refractivity contribution in [1.29, 1.82) is 0 Å². The number of benzene rings is 2. The van der Waals surface area contributed by atoms with Gasteiger partial charge in [-0.3, -0.25) is 14.4 Å². The summed E-state index contributed by atoms with van der Waals surface area (Å²) in [6, 6.07) is 17.9. The zero-order valence-corrected chi connectivity index (χ0v) is 26.8. The maximum Gasteiger partial charge on any atom is 0.247 e. The van der Waals surface area contributed by atoms with Gasteiger partial charge in [0.15, 0.2) is 0 Å². The van der Waals surface area contributed by atoms with Crippen LogP contribution in [0.15, 0.2) is 86.0 Å². The van der Waals surface area contributed by atoms with Gasteiger partial charge in [-0.15, -0.1) is 24.9 Å². The van der Waals surface area contributed by atoms with Crippen LogP contribution in [0.5, 0.6) is 0 Å². The molecule has 0 saturated carbocycles. The number of carbonyl (C=O) groups excluding carboxylic acids is 3. The summed E-state index contributed by atoms with van der Waals surface area (Å²) in [5.74, 6) is -1.72. The van der Waals surface area contributed by atoms with Crippen molar-refractivity contribution in [3.05, 3.63) is 91.5 Å². The Labute approximate surface area is 266 Å². The minimum atomic E-state index is -0.785. The Morgan fingerprint density at radius 3 is 2.32 bits per heavy atom. The van der Waals surface area contributed by atoms with Gasteiger partial charge in [0, 0.05) is 30.1 Å². The smallest absolute Gasteiger partial charge is 0.247 e. The minimum absolute atomic E-state index is 0.114. The molecule has 1 N–H and O–H groups in total. The number of rotatable bonds is 14. The fraction of sp³-hybridized carbons (Fsp3) is 0.472. The van der Waals surface area contributed by atoms with Crippen LogP contribution in [0.3, 0.4) is 0 Å². The molecule has 2 aromatic rings. The van der Waals surface area contributed by atoms with Gasteiger partial charge in [0.2, 0.25) is 17.7 Å². The molecule has 7 nitrogen and oxygen atoms in total. The number of aliphatic hydroxyl groups is 1. The van der Waals surface area contributed by atoms with E-state index in [1.807, 2.05) is 65.6 Å². The molecule has 44 heavy (non-hydrogen) atoms. The van der Waals surface area contributed by atoms with E-state index in [4.69, 9.17) is 0 Å². The van der Waals surface area contributed by atoms with Crippen LogP contribution in [0.2, 0.25) is 0 Å². The molecule has 0 aliphatic carbocycles. The standard InChI is InChI=1S/C36H45N3O4S/c1-5-8-23-37(21-6-2)34(43)31-36-20-19-35(4,44-36)29(32(41)38(22-7-3)27-17-13-10-14-18-27)30(36)33(42)39(31)28(25-40)24-26-15-11-9-12-16-26/h6-7,9-18,28-31,40H,2-3,5,8,19-25H2,1,4H3/t28-,29-,30+,31?,35+,36?/m1/s1. The van der Waals surface area contributed by atoms with Gasteiger partial charge in [0.1, 0.15) is 6.04 Å². The Morgan fingerprint density at radius 2 is 1.70 bits per heavy atom. The number of fused-ring (bicyclic) bond motifs is 1. The van der Waals surface area contributed by atoms with Crippen LogP contribution in [-0.2, 0) is 20.8 Å². The van der Waals surface area contributed by atoms with E-state index >= 15 is 0 Å². The molecule has 3 aliphatic rings. The Hall–Kier alpha value is -3.36. The molecule has 2 unspecified atom stereocenters. The number of amides is 3. The van der Waals surface area contributed by atoms with Gasteiger partial charge in [0.25, 0.3) is 0 Å². The molecule has 6 atom stereocenters. The average Bonchev–Trinajstić information content (AvgIpc) is 3.61. The van der Waals surface area contributed by atoms with Crippen LogP contribution < -0.4 is 4.90 Å². The van der Waals surface area contributed by atoms with Gasteiger partial charge in [-0.25, -0.2) is 0 Å². The average molecular weight is 616 g/mol. The third kappa shape index (κ3) is 5.51. The summed E-state index contributed by atoms with van der Waals surface area (Å²) in [6.07, 6.45) is 7.01. The first-order chi connectivity index (χ1) is 21.3. The monoisotopic (exact) mass is 615 g/mol. The van der Waals surface area contributed by atoms with Crippen LogP contribution >= 0.6 is 11.8 Å². The number of carbonyl (C=O) groups is 3. The lowest BCUT2D eigenvalue weighted by Crippen LogP contribution is -2.58. The second-order valence-corrected chi connectivity index (χ2v) is 14.4. The van der Waals surface area contributed by atoms with E-state index in [9.17, 15) is 19.5 Å². The van der Waals surface area contributed by atoms with Gasteiger partial charge in [0.05, 0.1) is 29.2 Å². The largest absolute Gasteiger partial charge is 0.394 e. The van der Waals surface area contributed by atoms with E-state index in [0.717, 1.165) is 30.5 Å². The molecule has 3 saturated heterocycles. The number of thioether (sulfide) groups is 1. The molecule has 3 fully saturated rings. The maximum atomic E-state index is 14.9. The predicted octanol–water partition coefficient (Wildman–Crippen LogP) is 5.11. The molecule has 5 rings (SSSR count). The predicted molar refractivity (Wildman–Crippen MR) is 177 cm³/mol. The summed E-state index contributed by atoms with van der Waals surface area (Å²) in [4.78, 5) is 49.4. The molecule has 0 aromatic heterocycles. The molecule has 2 bridgehead atoms. The van der Waals surface area contributed by atoms with Crippen molar-refractivity contribution in [2.24, 2.45) is 11.8 Å². The molecular weight excluding hydrogens is 570 g/mol. The number of anilines is 1. The van der Waals surface area contributed by atoms with Crippen molar-refractivity contribution in [3.63, 3.8) is 0 Å². The molecule has 3 heterocycles. The fourth-order valence-electron chi connectivity index (χ4n) is 7.75. The summed E-state index contributed by atoms with van der Waals surface area (Å²) >= 11 is 1.67. The lowest BCUT2D eigenvalue weighted by atomic mass is 9.66. The van der Waals surface area contributed by atoms with E-state index < -0.39 is 33.4 Å². The molecular formula is C36H45N3O4S. The number of hydrogen-bond acceptors (Lipinski definition) is 5. The van der Waals surface area contributed by atoms with E-state index in [2.05, 4.69) is 27.0 Å². The lowest BCUT2D eigenvalue weighted by molar-refractivity contribution is -0.145. The van der Waals surface area contributed by atoms with Gasteiger partial charge in [-0.1, -0.05) is 74.0 Å². The number of unbranched alkanes of at least 4 members (excludes halogenated alkanes) is 1. The van der Waals surface area contributed by atoms with Crippen molar-refractivity contribution in [1.82, 2.24) is 9.80 Å².